The van der Waals surface area contributed by atoms with E-state index in [2.05, 4.69) is 10.3 Å². The first-order valence-corrected chi connectivity index (χ1v) is 9.10. The minimum absolute atomic E-state index is 0.440. The second-order valence-corrected chi connectivity index (χ2v) is 7.16. The van der Waals surface area contributed by atoms with Crippen LogP contribution < -0.4 is 5.32 Å². The molecular weight excluding hydrogens is 318 g/mol. The van der Waals surface area contributed by atoms with Crippen molar-refractivity contribution in [3.8, 4) is 0 Å². The average Bonchev–Trinajstić information content (AvgIpc) is 2.93. The molecule has 4 nitrogen and oxygen atoms in total. The molecule has 1 fully saturated rings. The number of thioether (sulfide) groups is 1. The molecule has 22 heavy (non-hydrogen) atoms. The van der Waals surface area contributed by atoms with Crippen molar-refractivity contribution in [1.29, 1.82) is 0 Å². The zero-order valence-electron chi connectivity index (χ0n) is 13.2. The molecule has 1 aliphatic rings. The van der Waals surface area contributed by atoms with Crippen molar-refractivity contribution in [1.82, 2.24) is 10.2 Å². The molecule has 6 heteroatoms. The molecule has 0 saturated carbocycles. The molecule has 1 aromatic carbocycles. The van der Waals surface area contributed by atoms with Gasteiger partial charge in [0, 0.05) is 30.9 Å². The Labute approximate surface area is 142 Å². The van der Waals surface area contributed by atoms with Gasteiger partial charge in [-0.2, -0.15) is 11.8 Å². The van der Waals surface area contributed by atoms with E-state index in [1.54, 1.807) is 11.8 Å². The van der Waals surface area contributed by atoms with Gasteiger partial charge in [-0.3, -0.25) is 4.99 Å². The Morgan fingerprint density at radius 2 is 2.27 bits per heavy atom. The summed E-state index contributed by atoms with van der Waals surface area (Å²) in [5, 5.41) is 14.5. The number of nitrogens with one attached hydrogen (secondary N) is 1. The van der Waals surface area contributed by atoms with Gasteiger partial charge in [0.15, 0.2) is 5.96 Å². The molecule has 0 radical (unpaired) electrons. The van der Waals surface area contributed by atoms with Gasteiger partial charge in [0.1, 0.15) is 0 Å². The minimum Gasteiger partial charge on any atom is -0.387 e. The summed E-state index contributed by atoms with van der Waals surface area (Å²) in [7, 11) is 1.98. The molecule has 1 heterocycles. The van der Waals surface area contributed by atoms with Crippen LogP contribution >= 0.6 is 23.4 Å². The Kier molecular flexibility index (Phi) is 6.41. The van der Waals surface area contributed by atoms with Crippen molar-refractivity contribution < 1.29 is 5.11 Å². The van der Waals surface area contributed by atoms with Gasteiger partial charge in [0.25, 0.3) is 0 Å². The Morgan fingerprint density at radius 1 is 1.50 bits per heavy atom. The van der Waals surface area contributed by atoms with Gasteiger partial charge in [-0.1, -0.05) is 29.8 Å². The highest BCUT2D eigenvalue weighted by Gasteiger charge is 2.31. The Morgan fingerprint density at radius 3 is 2.91 bits per heavy atom. The molecule has 0 bridgehead atoms. The molecule has 1 atom stereocenters. The molecule has 1 unspecified atom stereocenters. The Balaban J connectivity index is 2.04. The van der Waals surface area contributed by atoms with Gasteiger partial charge < -0.3 is 15.3 Å². The smallest absolute Gasteiger partial charge is 0.194 e. The molecular formula is C16H24ClN3OS. The van der Waals surface area contributed by atoms with Crippen LogP contribution in [-0.2, 0) is 6.54 Å². The molecule has 1 aliphatic heterocycles. The number of hydrogen-bond donors (Lipinski definition) is 2. The highest BCUT2D eigenvalue weighted by atomic mass is 35.5. The van der Waals surface area contributed by atoms with Crippen LogP contribution in [0, 0.1) is 0 Å². The molecule has 0 aromatic heterocycles. The van der Waals surface area contributed by atoms with E-state index in [9.17, 15) is 5.11 Å². The van der Waals surface area contributed by atoms with Gasteiger partial charge in [0.05, 0.1) is 12.1 Å². The third-order valence-corrected chi connectivity index (χ3v) is 5.27. The predicted octanol–water partition coefficient (Wildman–Crippen LogP) is 2.61. The van der Waals surface area contributed by atoms with Crippen molar-refractivity contribution in [3.63, 3.8) is 0 Å². The quantitative estimate of drug-likeness (QED) is 0.638. The minimum atomic E-state index is -0.656. The number of halogens is 1. The normalized spacial score (nSPS) is 21.9. The summed E-state index contributed by atoms with van der Waals surface area (Å²) in [4.78, 5) is 6.66. The van der Waals surface area contributed by atoms with Crippen LogP contribution in [0.4, 0.5) is 0 Å². The summed E-state index contributed by atoms with van der Waals surface area (Å²) in [6.07, 6.45) is 0.814. The molecule has 0 spiro atoms. The second-order valence-electron chi connectivity index (χ2n) is 5.64. The van der Waals surface area contributed by atoms with E-state index in [4.69, 9.17) is 11.6 Å². The number of nitrogens with zero attached hydrogens (tertiary/aromatic N) is 2. The van der Waals surface area contributed by atoms with Crippen molar-refractivity contribution in [2.45, 2.75) is 25.5 Å². The van der Waals surface area contributed by atoms with Gasteiger partial charge in [-0.15, -0.1) is 0 Å². The molecule has 1 aromatic rings. The van der Waals surface area contributed by atoms with E-state index < -0.39 is 5.60 Å². The molecule has 2 rings (SSSR count). The number of aliphatic hydroxyl groups is 1. The largest absolute Gasteiger partial charge is 0.387 e. The van der Waals surface area contributed by atoms with Gasteiger partial charge in [0.2, 0.25) is 0 Å². The SMILES string of the molecule is CCNC(=NCC1(O)CCSC1)N(C)Cc1ccccc1Cl. The maximum atomic E-state index is 10.4. The predicted molar refractivity (Wildman–Crippen MR) is 95.8 cm³/mol. The first kappa shape index (κ1) is 17.4. The van der Waals surface area contributed by atoms with Gasteiger partial charge in [-0.25, -0.2) is 0 Å². The van der Waals surface area contributed by atoms with E-state index in [0.717, 1.165) is 41.0 Å². The van der Waals surface area contributed by atoms with E-state index in [0.29, 0.717) is 13.1 Å². The topological polar surface area (TPSA) is 47.9 Å². The van der Waals surface area contributed by atoms with E-state index in [-0.39, 0.29) is 0 Å². The highest BCUT2D eigenvalue weighted by molar-refractivity contribution is 7.99. The summed E-state index contributed by atoms with van der Waals surface area (Å²) in [5.41, 5.74) is 0.406. The summed E-state index contributed by atoms with van der Waals surface area (Å²) in [5.74, 6) is 2.58. The molecule has 122 valence electrons. The fourth-order valence-electron chi connectivity index (χ4n) is 2.37. The Bertz CT molecular complexity index is 518. The molecule has 2 N–H and O–H groups in total. The number of benzene rings is 1. The summed E-state index contributed by atoms with van der Waals surface area (Å²) < 4.78 is 0. The maximum Gasteiger partial charge on any atom is 0.194 e. The lowest BCUT2D eigenvalue weighted by Crippen LogP contribution is -2.41. The maximum absolute atomic E-state index is 10.4. The standard InChI is InChI=1S/C16H24ClN3OS/c1-3-18-15(19-11-16(21)8-9-22-12-16)20(2)10-13-6-4-5-7-14(13)17/h4-7,21H,3,8-12H2,1-2H3,(H,18,19). The first-order chi connectivity index (χ1) is 10.5. The van der Waals surface area contributed by atoms with E-state index in [1.807, 2.05) is 43.1 Å². The Hall–Kier alpha value is -0.910. The monoisotopic (exact) mass is 341 g/mol. The number of aliphatic imine (C=N–C) groups is 1. The van der Waals surface area contributed by atoms with Crippen LogP contribution in [0.15, 0.2) is 29.3 Å². The fraction of sp³-hybridized carbons (Fsp3) is 0.562. The lowest BCUT2D eigenvalue weighted by atomic mass is 10.0. The summed E-state index contributed by atoms with van der Waals surface area (Å²) in [6.45, 7) is 3.95. The molecule has 1 saturated heterocycles. The van der Waals surface area contributed by atoms with Crippen LogP contribution in [0.5, 0.6) is 0 Å². The average molecular weight is 342 g/mol. The van der Waals surface area contributed by atoms with Crippen LogP contribution in [0.3, 0.4) is 0 Å². The van der Waals surface area contributed by atoms with E-state index in [1.165, 1.54) is 0 Å². The van der Waals surface area contributed by atoms with Crippen LogP contribution in [0.1, 0.15) is 18.9 Å². The van der Waals surface area contributed by atoms with Gasteiger partial charge >= 0.3 is 0 Å². The zero-order chi connectivity index (χ0) is 16.0. The molecule has 0 aliphatic carbocycles. The third kappa shape index (κ3) is 4.80. The van der Waals surface area contributed by atoms with Gasteiger partial charge in [-0.05, 0) is 30.7 Å². The number of rotatable bonds is 5. The number of hydrogen-bond acceptors (Lipinski definition) is 3. The lowest BCUT2D eigenvalue weighted by Gasteiger charge is -2.25. The van der Waals surface area contributed by atoms with Crippen LogP contribution in [0.2, 0.25) is 5.02 Å². The fourth-order valence-corrected chi connectivity index (χ4v) is 3.85. The first-order valence-electron chi connectivity index (χ1n) is 7.57. The summed E-state index contributed by atoms with van der Waals surface area (Å²) in [6, 6.07) is 7.83. The van der Waals surface area contributed by atoms with Crippen molar-refractivity contribution in [2.24, 2.45) is 4.99 Å². The molecule has 0 amide bonds. The highest BCUT2D eigenvalue weighted by Crippen LogP contribution is 2.28. The summed E-state index contributed by atoms with van der Waals surface area (Å²) >= 11 is 8.01. The third-order valence-electron chi connectivity index (χ3n) is 3.67. The number of guanidine groups is 1. The van der Waals surface area contributed by atoms with Crippen molar-refractivity contribution >= 4 is 29.3 Å². The van der Waals surface area contributed by atoms with Crippen LogP contribution in [-0.4, -0.2) is 53.2 Å². The van der Waals surface area contributed by atoms with Crippen LogP contribution in [0.25, 0.3) is 0 Å². The second kappa shape index (κ2) is 8.09. The zero-order valence-corrected chi connectivity index (χ0v) is 14.8. The lowest BCUT2D eigenvalue weighted by molar-refractivity contribution is 0.0776. The van der Waals surface area contributed by atoms with E-state index >= 15 is 0 Å². The van der Waals surface area contributed by atoms with Crippen molar-refractivity contribution in [3.05, 3.63) is 34.9 Å². The van der Waals surface area contributed by atoms with Crippen molar-refractivity contribution in [2.75, 3.05) is 31.6 Å².